The van der Waals surface area contributed by atoms with E-state index in [0.29, 0.717) is 29.4 Å². The number of amides is 1. The Morgan fingerprint density at radius 2 is 2.21 bits per heavy atom. The number of aliphatic hydroxyl groups is 1. The SMILES string of the molecule is COCC(CCO)NC(=O)c1ccc(Cl)cc1OC. The Labute approximate surface area is 117 Å². The van der Waals surface area contributed by atoms with Crippen LogP contribution in [-0.4, -0.2) is 44.5 Å². The predicted octanol–water partition coefficient (Wildman–Crippen LogP) is 1.48. The van der Waals surface area contributed by atoms with Crippen LogP contribution in [-0.2, 0) is 4.74 Å². The molecule has 0 aliphatic heterocycles. The van der Waals surface area contributed by atoms with Crippen LogP contribution >= 0.6 is 11.6 Å². The van der Waals surface area contributed by atoms with Gasteiger partial charge in [0, 0.05) is 18.7 Å². The Kier molecular flexibility index (Phi) is 6.62. The minimum absolute atomic E-state index is 0.0218. The first-order valence-electron chi connectivity index (χ1n) is 5.86. The molecule has 0 aliphatic rings. The van der Waals surface area contributed by atoms with Crippen molar-refractivity contribution in [1.82, 2.24) is 5.32 Å². The molecule has 1 aromatic carbocycles. The molecule has 5 nitrogen and oxygen atoms in total. The van der Waals surface area contributed by atoms with Gasteiger partial charge in [-0.25, -0.2) is 0 Å². The van der Waals surface area contributed by atoms with E-state index in [1.807, 2.05) is 0 Å². The lowest BCUT2D eigenvalue weighted by Gasteiger charge is -2.17. The second-order valence-corrected chi connectivity index (χ2v) is 4.42. The van der Waals surface area contributed by atoms with Gasteiger partial charge in [0.25, 0.3) is 5.91 Å². The second kappa shape index (κ2) is 7.99. The van der Waals surface area contributed by atoms with Gasteiger partial charge < -0.3 is 19.9 Å². The first kappa shape index (κ1) is 15.8. The summed E-state index contributed by atoms with van der Waals surface area (Å²) in [6.45, 7) is 0.314. The number of rotatable bonds is 7. The van der Waals surface area contributed by atoms with Crippen molar-refractivity contribution in [2.24, 2.45) is 0 Å². The van der Waals surface area contributed by atoms with Crippen LogP contribution in [0.3, 0.4) is 0 Å². The summed E-state index contributed by atoms with van der Waals surface area (Å²) < 4.78 is 10.1. The molecule has 2 N–H and O–H groups in total. The first-order chi connectivity index (χ1) is 9.12. The van der Waals surface area contributed by atoms with E-state index in [1.165, 1.54) is 7.11 Å². The highest BCUT2D eigenvalue weighted by atomic mass is 35.5. The predicted molar refractivity (Wildman–Crippen MR) is 72.8 cm³/mol. The lowest BCUT2D eigenvalue weighted by atomic mass is 10.1. The summed E-state index contributed by atoms with van der Waals surface area (Å²) in [5.74, 6) is 0.120. The van der Waals surface area contributed by atoms with E-state index in [9.17, 15) is 4.79 Å². The molecule has 1 amide bonds. The molecule has 0 radical (unpaired) electrons. The molecule has 0 spiro atoms. The van der Waals surface area contributed by atoms with Gasteiger partial charge >= 0.3 is 0 Å². The maximum absolute atomic E-state index is 12.1. The Morgan fingerprint density at radius 3 is 2.79 bits per heavy atom. The smallest absolute Gasteiger partial charge is 0.255 e. The zero-order chi connectivity index (χ0) is 14.3. The minimum Gasteiger partial charge on any atom is -0.496 e. The summed E-state index contributed by atoms with van der Waals surface area (Å²) >= 11 is 5.84. The number of aliphatic hydroxyl groups excluding tert-OH is 1. The Hall–Kier alpha value is -1.30. The normalized spacial score (nSPS) is 12.0. The third kappa shape index (κ3) is 4.70. The number of halogens is 1. The highest BCUT2D eigenvalue weighted by Crippen LogP contribution is 2.23. The molecule has 0 aromatic heterocycles. The molecule has 0 heterocycles. The molecule has 0 bridgehead atoms. The zero-order valence-corrected chi connectivity index (χ0v) is 11.7. The molecular formula is C13H18ClNO4. The minimum atomic E-state index is -0.288. The number of carbonyl (C=O) groups is 1. The highest BCUT2D eigenvalue weighted by Gasteiger charge is 2.17. The van der Waals surface area contributed by atoms with Crippen LogP contribution in [0.5, 0.6) is 5.75 Å². The quantitative estimate of drug-likeness (QED) is 0.797. The molecule has 19 heavy (non-hydrogen) atoms. The van der Waals surface area contributed by atoms with Crippen molar-refractivity contribution in [3.05, 3.63) is 28.8 Å². The fourth-order valence-electron chi connectivity index (χ4n) is 1.67. The number of benzene rings is 1. The monoisotopic (exact) mass is 287 g/mol. The van der Waals surface area contributed by atoms with E-state index in [1.54, 1.807) is 25.3 Å². The van der Waals surface area contributed by atoms with Crippen molar-refractivity contribution in [3.63, 3.8) is 0 Å². The number of carbonyl (C=O) groups excluding carboxylic acids is 1. The maximum Gasteiger partial charge on any atom is 0.255 e. The summed E-state index contributed by atoms with van der Waals surface area (Å²) in [5, 5.41) is 12.2. The average molecular weight is 288 g/mol. The van der Waals surface area contributed by atoms with Gasteiger partial charge in [0.05, 0.1) is 25.3 Å². The Bertz CT molecular complexity index is 419. The van der Waals surface area contributed by atoms with E-state index in [2.05, 4.69) is 5.32 Å². The third-order valence-corrected chi connectivity index (χ3v) is 2.82. The molecule has 0 saturated carbocycles. The van der Waals surface area contributed by atoms with Crippen LogP contribution in [0.4, 0.5) is 0 Å². The second-order valence-electron chi connectivity index (χ2n) is 3.98. The average Bonchev–Trinajstić information content (AvgIpc) is 2.38. The Morgan fingerprint density at radius 1 is 1.47 bits per heavy atom. The molecule has 0 fully saturated rings. The summed E-state index contributed by atoms with van der Waals surface area (Å²) in [6, 6.07) is 4.55. The van der Waals surface area contributed by atoms with Crippen LogP contribution in [0.2, 0.25) is 5.02 Å². The van der Waals surface area contributed by atoms with E-state index in [-0.39, 0.29) is 18.6 Å². The number of hydrogen-bond donors (Lipinski definition) is 2. The van der Waals surface area contributed by atoms with E-state index < -0.39 is 0 Å². The summed E-state index contributed by atoms with van der Waals surface area (Å²) in [5.41, 5.74) is 0.394. The maximum atomic E-state index is 12.1. The van der Waals surface area contributed by atoms with Crippen LogP contribution in [0.15, 0.2) is 18.2 Å². The summed E-state index contributed by atoms with van der Waals surface area (Å²) in [7, 11) is 3.02. The van der Waals surface area contributed by atoms with Crippen molar-refractivity contribution < 1.29 is 19.4 Å². The van der Waals surface area contributed by atoms with Crippen molar-refractivity contribution in [1.29, 1.82) is 0 Å². The molecule has 6 heteroatoms. The number of hydrogen-bond acceptors (Lipinski definition) is 4. The number of nitrogens with one attached hydrogen (secondary N) is 1. The van der Waals surface area contributed by atoms with Crippen molar-refractivity contribution in [2.75, 3.05) is 27.4 Å². The van der Waals surface area contributed by atoms with Gasteiger partial charge in [-0.2, -0.15) is 0 Å². The standard InChI is InChI=1S/C13H18ClNO4/c1-18-8-10(5-6-16)15-13(17)11-4-3-9(14)7-12(11)19-2/h3-4,7,10,16H,5-6,8H2,1-2H3,(H,15,17). The van der Waals surface area contributed by atoms with Gasteiger partial charge in [-0.15, -0.1) is 0 Å². The molecule has 0 aliphatic carbocycles. The van der Waals surface area contributed by atoms with Gasteiger partial charge in [0.1, 0.15) is 5.75 Å². The van der Waals surface area contributed by atoms with Gasteiger partial charge in [0.2, 0.25) is 0 Å². The molecule has 0 saturated heterocycles. The molecule has 1 unspecified atom stereocenters. The van der Waals surface area contributed by atoms with Crippen molar-refractivity contribution >= 4 is 17.5 Å². The zero-order valence-electron chi connectivity index (χ0n) is 11.0. The molecular weight excluding hydrogens is 270 g/mol. The largest absolute Gasteiger partial charge is 0.496 e. The lowest BCUT2D eigenvalue weighted by molar-refractivity contribution is 0.0876. The number of methoxy groups -OCH3 is 2. The van der Waals surface area contributed by atoms with E-state index >= 15 is 0 Å². The van der Waals surface area contributed by atoms with Crippen LogP contribution < -0.4 is 10.1 Å². The van der Waals surface area contributed by atoms with Crippen LogP contribution in [0.1, 0.15) is 16.8 Å². The molecule has 1 aromatic rings. The third-order valence-electron chi connectivity index (χ3n) is 2.59. The van der Waals surface area contributed by atoms with E-state index in [4.69, 9.17) is 26.2 Å². The topological polar surface area (TPSA) is 67.8 Å². The molecule has 1 rings (SSSR count). The first-order valence-corrected chi connectivity index (χ1v) is 6.24. The van der Waals surface area contributed by atoms with Crippen molar-refractivity contribution in [2.45, 2.75) is 12.5 Å². The van der Waals surface area contributed by atoms with Crippen LogP contribution in [0.25, 0.3) is 0 Å². The highest BCUT2D eigenvalue weighted by molar-refractivity contribution is 6.30. The van der Waals surface area contributed by atoms with Gasteiger partial charge in [-0.05, 0) is 24.6 Å². The Balaban J connectivity index is 2.81. The van der Waals surface area contributed by atoms with Crippen LogP contribution in [0, 0.1) is 0 Å². The fourth-order valence-corrected chi connectivity index (χ4v) is 1.83. The molecule has 106 valence electrons. The van der Waals surface area contributed by atoms with Gasteiger partial charge in [-0.3, -0.25) is 4.79 Å². The fraction of sp³-hybridized carbons (Fsp3) is 0.462. The summed E-state index contributed by atoms with van der Waals surface area (Å²) in [6.07, 6.45) is 0.426. The lowest BCUT2D eigenvalue weighted by Crippen LogP contribution is -2.38. The van der Waals surface area contributed by atoms with Gasteiger partial charge in [-0.1, -0.05) is 11.6 Å². The van der Waals surface area contributed by atoms with Crippen molar-refractivity contribution in [3.8, 4) is 5.75 Å². The van der Waals surface area contributed by atoms with Gasteiger partial charge in [0.15, 0.2) is 0 Å². The summed E-state index contributed by atoms with van der Waals surface area (Å²) in [4.78, 5) is 12.1. The molecule has 1 atom stereocenters. The number of ether oxygens (including phenoxy) is 2. The van der Waals surface area contributed by atoms with E-state index in [0.717, 1.165) is 0 Å².